The number of carbonyl (C=O) groups excluding carboxylic acids is 1. The molecular weight excluding hydrogens is 292 g/mol. The normalized spacial score (nSPS) is 10.1. The zero-order valence-electron chi connectivity index (χ0n) is 7.17. The lowest BCUT2D eigenvalue weighted by Gasteiger charge is -2.01. The Kier molecular flexibility index (Phi) is 3.76. The van der Waals surface area contributed by atoms with Crippen LogP contribution in [-0.4, -0.2) is 16.6 Å². The van der Waals surface area contributed by atoms with Crippen molar-refractivity contribution in [1.82, 2.24) is 0 Å². The van der Waals surface area contributed by atoms with Gasteiger partial charge in [-0.1, -0.05) is 0 Å². The number of carbonyl (C=O) groups is 1. The van der Waals surface area contributed by atoms with Gasteiger partial charge in [0.05, 0.1) is 10.8 Å². The first-order valence-corrected chi connectivity index (χ1v) is 5.02. The van der Waals surface area contributed by atoms with E-state index in [-0.39, 0.29) is 15.9 Å². The number of benzene rings is 1. The summed E-state index contributed by atoms with van der Waals surface area (Å²) in [5.41, 5.74) is -0.746. The minimum atomic E-state index is -1.00. The van der Waals surface area contributed by atoms with Crippen LogP contribution < -0.4 is 0 Å². The molecule has 0 aliphatic rings. The van der Waals surface area contributed by atoms with Gasteiger partial charge in [0.25, 0.3) is 0 Å². The number of nitro benzene ring substituents is 1. The molecule has 15 heavy (non-hydrogen) atoms. The summed E-state index contributed by atoms with van der Waals surface area (Å²) in [4.78, 5) is 20.7. The van der Waals surface area contributed by atoms with Gasteiger partial charge in [0, 0.05) is 16.1 Å². The van der Waals surface area contributed by atoms with Crippen molar-refractivity contribution < 1.29 is 14.1 Å². The van der Waals surface area contributed by atoms with Gasteiger partial charge in [-0.05, 0) is 22.0 Å². The second-order valence-corrected chi connectivity index (χ2v) is 3.72. The number of alkyl halides is 1. The highest BCUT2D eigenvalue weighted by atomic mass is 79.9. The Morgan fingerprint density at radius 2 is 2.20 bits per heavy atom. The molecule has 1 aromatic rings. The first kappa shape index (κ1) is 12.1. The van der Waals surface area contributed by atoms with Crippen molar-refractivity contribution in [3.8, 4) is 0 Å². The van der Waals surface area contributed by atoms with Gasteiger partial charge in [-0.15, -0.1) is 11.6 Å². The van der Waals surface area contributed by atoms with Crippen LogP contribution in [0.4, 0.5) is 10.1 Å². The summed E-state index contributed by atoms with van der Waals surface area (Å²) in [6.45, 7) is 0. The SMILES string of the molecule is O=C(CCl)c1cc([N+](=O)[O-])c(F)cc1Br. The zero-order valence-corrected chi connectivity index (χ0v) is 9.51. The predicted octanol–water partition coefficient (Wildman–Crippen LogP) is 2.92. The van der Waals surface area contributed by atoms with Crippen LogP contribution >= 0.6 is 27.5 Å². The fourth-order valence-corrected chi connectivity index (χ4v) is 1.64. The highest BCUT2D eigenvalue weighted by Gasteiger charge is 2.20. The maximum atomic E-state index is 13.0. The molecule has 0 heterocycles. The van der Waals surface area contributed by atoms with Gasteiger partial charge in [-0.2, -0.15) is 4.39 Å². The molecule has 0 aromatic heterocycles. The van der Waals surface area contributed by atoms with Gasteiger partial charge in [-0.25, -0.2) is 0 Å². The first-order chi connectivity index (χ1) is 6.97. The van der Waals surface area contributed by atoms with Crippen molar-refractivity contribution in [2.45, 2.75) is 0 Å². The molecule has 0 atom stereocenters. The summed E-state index contributed by atoms with van der Waals surface area (Å²) >= 11 is 8.23. The minimum Gasteiger partial charge on any atom is -0.293 e. The Bertz CT molecular complexity index is 438. The Balaban J connectivity index is 3.36. The van der Waals surface area contributed by atoms with Crippen LogP contribution in [0.5, 0.6) is 0 Å². The van der Waals surface area contributed by atoms with Crippen molar-refractivity contribution in [3.05, 3.63) is 38.1 Å². The topological polar surface area (TPSA) is 60.2 Å². The second-order valence-electron chi connectivity index (χ2n) is 2.60. The fourth-order valence-electron chi connectivity index (χ4n) is 0.963. The van der Waals surface area contributed by atoms with Crippen molar-refractivity contribution in [3.63, 3.8) is 0 Å². The molecule has 0 bridgehead atoms. The minimum absolute atomic E-state index is 0.00176. The molecule has 0 amide bonds. The third-order valence-corrected chi connectivity index (χ3v) is 2.55. The molecule has 0 fully saturated rings. The lowest BCUT2D eigenvalue weighted by Crippen LogP contribution is -2.04. The quantitative estimate of drug-likeness (QED) is 0.373. The van der Waals surface area contributed by atoms with Crippen LogP contribution in [0.15, 0.2) is 16.6 Å². The van der Waals surface area contributed by atoms with Crippen LogP contribution in [-0.2, 0) is 0 Å². The Morgan fingerprint density at radius 3 is 2.67 bits per heavy atom. The number of nitrogens with zero attached hydrogens (tertiary/aromatic N) is 1. The van der Waals surface area contributed by atoms with Gasteiger partial charge < -0.3 is 0 Å². The Hall–Kier alpha value is -1.01. The molecule has 4 nitrogen and oxygen atoms in total. The summed E-state index contributed by atoms with van der Waals surface area (Å²) in [6, 6.07) is 1.74. The maximum Gasteiger partial charge on any atom is 0.305 e. The molecule has 0 aliphatic heterocycles. The third kappa shape index (κ3) is 2.51. The van der Waals surface area contributed by atoms with Crippen molar-refractivity contribution in [1.29, 1.82) is 0 Å². The van der Waals surface area contributed by atoms with Gasteiger partial charge in [-0.3, -0.25) is 14.9 Å². The number of rotatable bonds is 3. The lowest BCUT2D eigenvalue weighted by molar-refractivity contribution is -0.387. The number of ketones is 1. The number of halogens is 3. The molecule has 1 aromatic carbocycles. The van der Waals surface area contributed by atoms with Crippen LogP contribution in [0.3, 0.4) is 0 Å². The standard InChI is InChI=1S/C8H4BrClFNO3/c9-5-2-6(11)7(12(14)15)1-4(5)8(13)3-10/h1-2H,3H2. The number of hydrogen-bond acceptors (Lipinski definition) is 3. The van der Waals surface area contributed by atoms with E-state index < -0.39 is 22.2 Å². The lowest BCUT2D eigenvalue weighted by atomic mass is 10.1. The first-order valence-electron chi connectivity index (χ1n) is 3.70. The monoisotopic (exact) mass is 295 g/mol. The molecule has 1 rings (SSSR count). The number of hydrogen-bond donors (Lipinski definition) is 0. The molecule has 0 radical (unpaired) electrons. The van der Waals surface area contributed by atoms with Crippen LogP contribution in [0.25, 0.3) is 0 Å². The molecule has 0 spiro atoms. The van der Waals surface area contributed by atoms with E-state index in [0.29, 0.717) is 0 Å². The van der Waals surface area contributed by atoms with E-state index in [1.165, 1.54) is 0 Å². The van der Waals surface area contributed by atoms with E-state index in [1.807, 2.05) is 0 Å². The van der Waals surface area contributed by atoms with Gasteiger partial charge in [0.1, 0.15) is 0 Å². The summed E-state index contributed by atoms with van der Waals surface area (Å²) in [6.07, 6.45) is 0. The highest BCUT2D eigenvalue weighted by Crippen LogP contribution is 2.26. The number of Topliss-reactive ketones (excluding diaryl/α,β-unsaturated/α-hetero) is 1. The summed E-state index contributed by atoms with van der Waals surface area (Å²) in [5, 5.41) is 10.4. The van der Waals surface area contributed by atoms with E-state index in [9.17, 15) is 19.3 Å². The molecule has 0 unspecified atom stereocenters. The van der Waals surface area contributed by atoms with E-state index in [4.69, 9.17) is 11.6 Å². The maximum absolute atomic E-state index is 13.0. The smallest absolute Gasteiger partial charge is 0.293 e. The molecule has 0 saturated carbocycles. The van der Waals surface area contributed by atoms with Gasteiger partial charge >= 0.3 is 5.69 Å². The van der Waals surface area contributed by atoms with E-state index in [1.54, 1.807) is 0 Å². The average Bonchev–Trinajstić information content (AvgIpc) is 2.16. The Morgan fingerprint density at radius 1 is 1.60 bits per heavy atom. The zero-order chi connectivity index (χ0) is 11.6. The molecule has 0 N–H and O–H groups in total. The van der Waals surface area contributed by atoms with Crippen LogP contribution in [0.2, 0.25) is 0 Å². The summed E-state index contributed by atoms with van der Waals surface area (Å²) in [5.74, 6) is -1.83. The highest BCUT2D eigenvalue weighted by molar-refractivity contribution is 9.10. The average molecular weight is 296 g/mol. The summed E-state index contributed by atoms with van der Waals surface area (Å²) < 4.78 is 13.2. The molecule has 0 aliphatic carbocycles. The summed E-state index contributed by atoms with van der Waals surface area (Å²) in [7, 11) is 0. The molecule has 7 heteroatoms. The molecule has 0 saturated heterocycles. The van der Waals surface area contributed by atoms with Crippen LogP contribution in [0.1, 0.15) is 10.4 Å². The molecule has 80 valence electrons. The second kappa shape index (κ2) is 4.67. The van der Waals surface area contributed by atoms with Crippen LogP contribution in [0, 0.1) is 15.9 Å². The largest absolute Gasteiger partial charge is 0.305 e. The molecular formula is C8H4BrClFNO3. The third-order valence-electron chi connectivity index (χ3n) is 1.65. The fraction of sp³-hybridized carbons (Fsp3) is 0.125. The number of nitro groups is 1. The predicted molar refractivity (Wildman–Crippen MR) is 55.8 cm³/mol. The van der Waals surface area contributed by atoms with Gasteiger partial charge in [0.15, 0.2) is 5.78 Å². The van der Waals surface area contributed by atoms with Crippen molar-refractivity contribution >= 4 is 39.0 Å². The Labute approximate surface area is 97.3 Å². The van der Waals surface area contributed by atoms with E-state index in [2.05, 4.69) is 15.9 Å². The van der Waals surface area contributed by atoms with Crippen molar-refractivity contribution in [2.24, 2.45) is 0 Å². The van der Waals surface area contributed by atoms with E-state index >= 15 is 0 Å². The van der Waals surface area contributed by atoms with Crippen molar-refractivity contribution in [2.75, 3.05) is 5.88 Å². The van der Waals surface area contributed by atoms with Gasteiger partial charge in [0.2, 0.25) is 5.82 Å². The van der Waals surface area contributed by atoms with E-state index in [0.717, 1.165) is 12.1 Å².